The van der Waals surface area contributed by atoms with Crippen LogP contribution in [0.4, 0.5) is 0 Å². The molecule has 1 fully saturated rings. The summed E-state index contributed by atoms with van der Waals surface area (Å²) in [6, 6.07) is 6.83. The number of likely N-dealkylation sites (tertiary alicyclic amines) is 1. The maximum Gasteiger partial charge on any atom is 0.246 e. The van der Waals surface area contributed by atoms with Gasteiger partial charge in [-0.3, -0.25) is 14.4 Å². The van der Waals surface area contributed by atoms with E-state index in [9.17, 15) is 14.4 Å². The molecule has 7 nitrogen and oxygen atoms in total. The fourth-order valence-electron chi connectivity index (χ4n) is 4.36. The van der Waals surface area contributed by atoms with E-state index in [1.54, 1.807) is 18.9 Å². The molecule has 1 aliphatic heterocycles. The molecule has 2 aliphatic rings. The van der Waals surface area contributed by atoms with E-state index in [0.717, 1.165) is 19.3 Å². The first kappa shape index (κ1) is 22.3. The van der Waals surface area contributed by atoms with E-state index in [1.165, 1.54) is 11.1 Å². The molecule has 1 saturated heterocycles. The van der Waals surface area contributed by atoms with Crippen molar-refractivity contribution in [2.45, 2.75) is 70.6 Å². The van der Waals surface area contributed by atoms with Crippen LogP contribution in [0.1, 0.15) is 44.7 Å². The number of likely N-dealkylation sites (N-methyl/N-ethyl adjacent to an activating group) is 1. The third-order valence-electron chi connectivity index (χ3n) is 6.29. The van der Waals surface area contributed by atoms with Crippen LogP contribution in [0.3, 0.4) is 0 Å². The number of hydrogen-bond donors (Lipinski definition) is 3. The van der Waals surface area contributed by atoms with E-state index in [2.05, 4.69) is 28.1 Å². The number of hydrogen-bond acceptors (Lipinski definition) is 4. The molecule has 0 aromatic heterocycles. The lowest BCUT2D eigenvalue weighted by molar-refractivity contribution is -0.142. The molecule has 3 atom stereocenters. The Morgan fingerprint density at radius 1 is 1.07 bits per heavy atom. The number of amides is 3. The van der Waals surface area contributed by atoms with Crippen LogP contribution in [0.25, 0.3) is 0 Å². The lowest BCUT2D eigenvalue weighted by atomic mass is 10.0. The molecule has 0 unspecified atom stereocenters. The lowest BCUT2D eigenvalue weighted by Crippen LogP contribution is -2.57. The molecular formula is C23H34N4O3. The fourth-order valence-corrected chi connectivity index (χ4v) is 4.36. The standard InChI is InChI=1S/C23H34N4O3/c1-14(2)20(26-21(28)15(3)24-4)23(30)27-11-7-10-19(27)22(29)25-18-12-16-8-5-6-9-17(16)13-18/h5-6,8-9,14-15,18-20,24H,7,10-13H2,1-4H3,(H,25,29)(H,26,28)/t15-,19-,20-/m0/s1. The van der Waals surface area contributed by atoms with Gasteiger partial charge < -0.3 is 20.9 Å². The summed E-state index contributed by atoms with van der Waals surface area (Å²) in [4.78, 5) is 40.3. The zero-order valence-corrected chi connectivity index (χ0v) is 18.4. The number of fused-ring (bicyclic) bond motifs is 1. The molecule has 1 aromatic rings. The summed E-state index contributed by atoms with van der Waals surface area (Å²) in [5.74, 6) is -0.544. The van der Waals surface area contributed by atoms with Gasteiger partial charge >= 0.3 is 0 Å². The Labute approximate surface area is 179 Å². The van der Waals surface area contributed by atoms with Gasteiger partial charge in [-0.05, 0) is 56.7 Å². The van der Waals surface area contributed by atoms with Crippen LogP contribution in [0.2, 0.25) is 0 Å². The third-order valence-corrected chi connectivity index (χ3v) is 6.29. The van der Waals surface area contributed by atoms with Crippen molar-refractivity contribution < 1.29 is 14.4 Å². The highest BCUT2D eigenvalue weighted by atomic mass is 16.2. The number of carbonyl (C=O) groups is 3. The minimum absolute atomic E-state index is 0.0702. The Morgan fingerprint density at radius 3 is 2.27 bits per heavy atom. The number of nitrogens with zero attached hydrogens (tertiary/aromatic N) is 1. The molecule has 0 saturated carbocycles. The molecule has 0 radical (unpaired) electrons. The maximum atomic E-state index is 13.3. The van der Waals surface area contributed by atoms with Crippen molar-refractivity contribution in [2.75, 3.05) is 13.6 Å². The van der Waals surface area contributed by atoms with Gasteiger partial charge in [-0.1, -0.05) is 38.1 Å². The largest absolute Gasteiger partial charge is 0.351 e. The maximum absolute atomic E-state index is 13.3. The van der Waals surface area contributed by atoms with Crippen LogP contribution in [-0.2, 0) is 27.2 Å². The van der Waals surface area contributed by atoms with Gasteiger partial charge in [0.05, 0.1) is 6.04 Å². The van der Waals surface area contributed by atoms with E-state index < -0.39 is 12.1 Å². The summed E-state index contributed by atoms with van der Waals surface area (Å²) in [5, 5.41) is 8.91. The topological polar surface area (TPSA) is 90.5 Å². The Kier molecular flexibility index (Phi) is 7.13. The highest BCUT2D eigenvalue weighted by molar-refractivity contribution is 5.93. The molecule has 0 spiro atoms. The molecule has 1 aliphatic carbocycles. The fraction of sp³-hybridized carbons (Fsp3) is 0.609. The molecule has 7 heteroatoms. The molecule has 3 amide bonds. The molecule has 164 valence electrons. The Bertz CT molecular complexity index is 769. The average Bonchev–Trinajstić information content (AvgIpc) is 3.36. The van der Waals surface area contributed by atoms with Gasteiger partial charge in [0.2, 0.25) is 17.7 Å². The van der Waals surface area contributed by atoms with E-state index >= 15 is 0 Å². The summed E-state index contributed by atoms with van der Waals surface area (Å²) >= 11 is 0. The summed E-state index contributed by atoms with van der Waals surface area (Å²) < 4.78 is 0. The van der Waals surface area contributed by atoms with Crippen molar-refractivity contribution in [3.8, 4) is 0 Å². The van der Waals surface area contributed by atoms with Crippen molar-refractivity contribution in [1.82, 2.24) is 20.9 Å². The first-order valence-electron chi connectivity index (χ1n) is 11.0. The summed E-state index contributed by atoms with van der Waals surface area (Å²) in [7, 11) is 1.71. The zero-order valence-electron chi connectivity index (χ0n) is 18.4. The van der Waals surface area contributed by atoms with Crippen LogP contribution in [-0.4, -0.2) is 60.4 Å². The minimum Gasteiger partial charge on any atom is -0.351 e. The highest BCUT2D eigenvalue weighted by Gasteiger charge is 2.39. The van der Waals surface area contributed by atoms with Crippen molar-refractivity contribution in [3.05, 3.63) is 35.4 Å². The summed E-state index contributed by atoms with van der Waals surface area (Å²) in [6.07, 6.45) is 3.10. The number of nitrogens with one attached hydrogen (secondary N) is 3. The van der Waals surface area contributed by atoms with Crippen LogP contribution in [0.5, 0.6) is 0 Å². The summed E-state index contributed by atoms with van der Waals surface area (Å²) in [5.41, 5.74) is 2.56. The second kappa shape index (κ2) is 9.60. The van der Waals surface area contributed by atoms with Gasteiger partial charge in [0.25, 0.3) is 0 Å². The van der Waals surface area contributed by atoms with Crippen molar-refractivity contribution >= 4 is 17.7 Å². The average molecular weight is 415 g/mol. The molecule has 3 N–H and O–H groups in total. The Balaban J connectivity index is 1.64. The lowest BCUT2D eigenvalue weighted by Gasteiger charge is -2.31. The van der Waals surface area contributed by atoms with Gasteiger partial charge in [-0.15, -0.1) is 0 Å². The number of rotatable bonds is 7. The number of benzene rings is 1. The SMILES string of the molecule is CN[C@@H](C)C(=O)N[C@H](C(=O)N1CCC[C@H]1C(=O)NC1Cc2ccccc2C1)C(C)C. The molecule has 30 heavy (non-hydrogen) atoms. The van der Waals surface area contributed by atoms with Crippen molar-refractivity contribution in [2.24, 2.45) is 5.92 Å². The van der Waals surface area contributed by atoms with E-state index in [4.69, 9.17) is 0 Å². The van der Waals surface area contributed by atoms with E-state index in [0.29, 0.717) is 13.0 Å². The van der Waals surface area contributed by atoms with Crippen LogP contribution >= 0.6 is 0 Å². The van der Waals surface area contributed by atoms with Crippen LogP contribution in [0.15, 0.2) is 24.3 Å². The van der Waals surface area contributed by atoms with Gasteiger partial charge in [0, 0.05) is 12.6 Å². The Hall–Kier alpha value is -2.41. The van der Waals surface area contributed by atoms with Crippen LogP contribution in [0, 0.1) is 5.92 Å². The zero-order chi connectivity index (χ0) is 21.8. The highest BCUT2D eigenvalue weighted by Crippen LogP contribution is 2.24. The van der Waals surface area contributed by atoms with E-state index in [1.807, 2.05) is 26.0 Å². The minimum atomic E-state index is -0.641. The first-order valence-corrected chi connectivity index (χ1v) is 11.0. The predicted octanol–water partition coefficient (Wildman–Crippen LogP) is 1.01. The molecule has 1 heterocycles. The van der Waals surface area contributed by atoms with Gasteiger partial charge in [-0.25, -0.2) is 0 Å². The smallest absolute Gasteiger partial charge is 0.246 e. The van der Waals surface area contributed by atoms with Gasteiger partial charge in [0.15, 0.2) is 0 Å². The second-order valence-corrected chi connectivity index (χ2v) is 8.81. The summed E-state index contributed by atoms with van der Waals surface area (Å²) in [6.45, 7) is 6.12. The third kappa shape index (κ3) is 4.83. The predicted molar refractivity (Wildman–Crippen MR) is 116 cm³/mol. The molecule has 0 bridgehead atoms. The monoisotopic (exact) mass is 414 g/mol. The second-order valence-electron chi connectivity index (χ2n) is 8.81. The molecule has 1 aromatic carbocycles. The van der Waals surface area contributed by atoms with Gasteiger partial charge in [-0.2, -0.15) is 0 Å². The first-order chi connectivity index (χ1) is 14.3. The Morgan fingerprint density at radius 2 is 1.70 bits per heavy atom. The normalized spacial score (nSPS) is 20.7. The quantitative estimate of drug-likeness (QED) is 0.621. The van der Waals surface area contributed by atoms with Crippen molar-refractivity contribution in [3.63, 3.8) is 0 Å². The van der Waals surface area contributed by atoms with E-state index in [-0.39, 0.29) is 35.7 Å². The van der Waals surface area contributed by atoms with Gasteiger partial charge in [0.1, 0.15) is 12.1 Å². The number of carbonyl (C=O) groups excluding carboxylic acids is 3. The molecule has 3 rings (SSSR count). The van der Waals surface area contributed by atoms with Crippen molar-refractivity contribution in [1.29, 1.82) is 0 Å². The van der Waals surface area contributed by atoms with Crippen LogP contribution < -0.4 is 16.0 Å². The molecular weight excluding hydrogens is 380 g/mol.